The summed E-state index contributed by atoms with van der Waals surface area (Å²) in [5, 5.41) is 3.01. The molecule has 2 aromatic rings. The van der Waals surface area contributed by atoms with Crippen molar-refractivity contribution >= 4 is 31.0 Å². The Labute approximate surface area is 99.9 Å². The molecule has 82 valence electrons. The van der Waals surface area contributed by atoms with Gasteiger partial charge in [0, 0.05) is 16.9 Å². The van der Waals surface area contributed by atoms with E-state index >= 15 is 0 Å². The number of aldehydes is 1. The lowest BCUT2D eigenvalue weighted by atomic mass is 9.94. The molecule has 0 aliphatic heterocycles. The van der Waals surface area contributed by atoms with E-state index in [0.29, 0.717) is 22.4 Å². The number of halogens is 1. The van der Waals surface area contributed by atoms with Crippen LogP contribution < -0.4 is 10.8 Å². The van der Waals surface area contributed by atoms with E-state index in [1.807, 2.05) is 0 Å². The smallest absolute Gasteiger partial charge is 0.152 e. The Morgan fingerprint density at radius 1 is 1.12 bits per heavy atom. The third-order valence-corrected chi connectivity index (χ3v) is 2.33. The van der Waals surface area contributed by atoms with Crippen LogP contribution in [0.4, 0.5) is 15.8 Å². The van der Waals surface area contributed by atoms with Crippen LogP contribution >= 0.6 is 0 Å². The van der Waals surface area contributed by atoms with E-state index in [1.54, 1.807) is 30.3 Å². The Bertz CT molecular complexity index is 540. The summed E-state index contributed by atoms with van der Waals surface area (Å²) < 4.78 is 12.7. The van der Waals surface area contributed by atoms with Crippen molar-refractivity contribution in [3.63, 3.8) is 0 Å². The number of nitrogens with one attached hydrogen (secondary N) is 1. The van der Waals surface area contributed by atoms with E-state index in [-0.39, 0.29) is 5.82 Å². The Kier molecular flexibility index (Phi) is 3.23. The number of hydrogen-bond acceptors (Lipinski definition) is 2. The Morgan fingerprint density at radius 3 is 2.47 bits per heavy atom. The molecule has 0 saturated heterocycles. The van der Waals surface area contributed by atoms with Crippen molar-refractivity contribution in [3.05, 3.63) is 53.8 Å². The van der Waals surface area contributed by atoms with Gasteiger partial charge in [-0.15, -0.1) is 0 Å². The molecule has 1 N–H and O–H groups in total. The predicted octanol–water partition coefficient (Wildman–Crippen LogP) is 2.18. The quantitative estimate of drug-likeness (QED) is 0.640. The van der Waals surface area contributed by atoms with Crippen molar-refractivity contribution in [2.24, 2.45) is 0 Å². The molecule has 4 heteroatoms. The first-order chi connectivity index (χ1) is 8.19. The zero-order chi connectivity index (χ0) is 12.3. The number of hydrogen-bond donors (Lipinski definition) is 1. The summed E-state index contributed by atoms with van der Waals surface area (Å²) in [5.74, 6) is -0.307. The van der Waals surface area contributed by atoms with Gasteiger partial charge in [-0.1, -0.05) is 17.6 Å². The highest BCUT2D eigenvalue weighted by Gasteiger charge is 2.02. The van der Waals surface area contributed by atoms with Crippen LogP contribution in [-0.4, -0.2) is 14.1 Å². The summed E-state index contributed by atoms with van der Waals surface area (Å²) in [6.07, 6.45) is 0.741. The standard InChI is InChI=1S/C13H9BFNO/c14-10-2-1-9(8-17)13(7-10)16-12-5-3-11(15)4-6-12/h1-8,16H. The first kappa shape index (κ1) is 11.4. The van der Waals surface area contributed by atoms with E-state index in [1.165, 1.54) is 12.1 Å². The SMILES string of the molecule is [B]c1ccc(C=O)c(Nc2ccc(F)cc2)c1. The van der Waals surface area contributed by atoms with E-state index in [0.717, 1.165) is 6.29 Å². The van der Waals surface area contributed by atoms with E-state index in [4.69, 9.17) is 7.85 Å². The molecule has 17 heavy (non-hydrogen) atoms. The molecule has 0 spiro atoms. The zero-order valence-corrected chi connectivity index (χ0v) is 8.98. The molecule has 0 aromatic heterocycles. The molecule has 0 heterocycles. The van der Waals surface area contributed by atoms with Crippen LogP contribution in [0, 0.1) is 5.82 Å². The van der Waals surface area contributed by atoms with Crippen molar-refractivity contribution in [1.29, 1.82) is 0 Å². The van der Waals surface area contributed by atoms with Gasteiger partial charge in [0.25, 0.3) is 0 Å². The lowest BCUT2D eigenvalue weighted by Crippen LogP contribution is -2.05. The Hall–Kier alpha value is -2.10. The maximum atomic E-state index is 12.7. The minimum absolute atomic E-state index is 0.307. The Morgan fingerprint density at radius 2 is 1.82 bits per heavy atom. The van der Waals surface area contributed by atoms with Crippen LogP contribution in [0.1, 0.15) is 10.4 Å². The number of anilines is 2. The highest BCUT2D eigenvalue weighted by atomic mass is 19.1. The second kappa shape index (κ2) is 4.83. The second-order valence-electron chi connectivity index (χ2n) is 3.60. The van der Waals surface area contributed by atoms with Crippen LogP contribution in [0.2, 0.25) is 0 Å². The predicted molar refractivity (Wildman–Crippen MR) is 66.9 cm³/mol. The van der Waals surface area contributed by atoms with Crippen molar-refractivity contribution in [2.75, 3.05) is 5.32 Å². The fourth-order valence-electron chi connectivity index (χ4n) is 1.47. The Balaban J connectivity index is 2.31. The molecule has 0 amide bonds. The first-order valence-electron chi connectivity index (χ1n) is 5.06. The fraction of sp³-hybridized carbons (Fsp3) is 0. The third-order valence-electron chi connectivity index (χ3n) is 2.33. The van der Waals surface area contributed by atoms with Crippen LogP contribution in [0.25, 0.3) is 0 Å². The van der Waals surface area contributed by atoms with Gasteiger partial charge < -0.3 is 5.32 Å². The molecule has 0 aliphatic rings. The first-order valence-corrected chi connectivity index (χ1v) is 5.06. The van der Waals surface area contributed by atoms with E-state index < -0.39 is 0 Å². The molecule has 0 unspecified atom stereocenters. The second-order valence-corrected chi connectivity index (χ2v) is 3.60. The summed E-state index contributed by atoms with van der Waals surface area (Å²) in [7, 11) is 5.64. The summed E-state index contributed by atoms with van der Waals surface area (Å²) in [6.45, 7) is 0. The van der Waals surface area contributed by atoms with Crippen molar-refractivity contribution in [2.45, 2.75) is 0 Å². The molecule has 2 radical (unpaired) electrons. The van der Waals surface area contributed by atoms with E-state index in [9.17, 15) is 9.18 Å². The minimum atomic E-state index is -0.307. The number of benzene rings is 2. The van der Waals surface area contributed by atoms with Gasteiger partial charge in [-0.05, 0) is 30.3 Å². The normalized spacial score (nSPS) is 9.94. The zero-order valence-electron chi connectivity index (χ0n) is 8.98. The van der Waals surface area contributed by atoms with Gasteiger partial charge in [-0.3, -0.25) is 4.79 Å². The molecule has 0 fully saturated rings. The third kappa shape index (κ3) is 2.72. The summed E-state index contributed by atoms with van der Waals surface area (Å²) in [4.78, 5) is 10.8. The molecule has 0 bridgehead atoms. The lowest BCUT2D eigenvalue weighted by Gasteiger charge is -2.09. The minimum Gasteiger partial charge on any atom is -0.355 e. The molecule has 0 atom stereocenters. The van der Waals surface area contributed by atoms with Crippen molar-refractivity contribution < 1.29 is 9.18 Å². The maximum Gasteiger partial charge on any atom is 0.152 e. The molecule has 0 aliphatic carbocycles. The number of carbonyl (C=O) groups excluding carboxylic acids is 1. The van der Waals surface area contributed by atoms with E-state index in [2.05, 4.69) is 5.32 Å². The maximum absolute atomic E-state index is 12.7. The topological polar surface area (TPSA) is 29.1 Å². The molecule has 2 nitrogen and oxygen atoms in total. The number of carbonyl (C=O) groups is 1. The summed E-state index contributed by atoms with van der Waals surface area (Å²) in [5.41, 5.74) is 2.36. The van der Waals surface area contributed by atoms with Crippen LogP contribution in [0.5, 0.6) is 0 Å². The van der Waals surface area contributed by atoms with Crippen LogP contribution in [-0.2, 0) is 0 Å². The molecule has 2 rings (SSSR count). The summed E-state index contributed by atoms with van der Waals surface area (Å²) in [6, 6.07) is 10.8. The fourth-order valence-corrected chi connectivity index (χ4v) is 1.47. The van der Waals surface area contributed by atoms with Crippen molar-refractivity contribution in [3.8, 4) is 0 Å². The highest BCUT2D eigenvalue weighted by molar-refractivity contribution is 6.32. The van der Waals surface area contributed by atoms with Gasteiger partial charge in [0.05, 0.1) is 0 Å². The lowest BCUT2D eigenvalue weighted by molar-refractivity contribution is 0.112. The van der Waals surface area contributed by atoms with Gasteiger partial charge in [0.1, 0.15) is 13.7 Å². The van der Waals surface area contributed by atoms with Gasteiger partial charge in [-0.25, -0.2) is 4.39 Å². The average molecular weight is 225 g/mol. The molecular formula is C13H9BFNO. The number of rotatable bonds is 3. The van der Waals surface area contributed by atoms with Crippen LogP contribution in [0.15, 0.2) is 42.5 Å². The van der Waals surface area contributed by atoms with Gasteiger partial charge in [0.2, 0.25) is 0 Å². The molecule has 0 saturated carbocycles. The largest absolute Gasteiger partial charge is 0.355 e. The highest BCUT2D eigenvalue weighted by Crippen LogP contribution is 2.18. The monoisotopic (exact) mass is 225 g/mol. The van der Waals surface area contributed by atoms with Gasteiger partial charge >= 0.3 is 0 Å². The van der Waals surface area contributed by atoms with Crippen molar-refractivity contribution in [1.82, 2.24) is 0 Å². The van der Waals surface area contributed by atoms with Crippen LogP contribution in [0.3, 0.4) is 0 Å². The molecular weight excluding hydrogens is 216 g/mol. The van der Waals surface area contributed by atoms with Gasteiger partial charge in [0.15, 0.2) is 6.29 Å². The van der Waals surface area contributed by atoms with Gasteiger partial charge in [-0.2, -0.15) is 0 Å². The molecule has 2 aromatic carbocycles. The average Bonchev–Trinajstić information content (AvgIpc) is 2.32. The summed E-state index contributed by atoms with van der Waals surface area (Å²) >= 11 is 0.